The van der Waals surface area contributed by atoms with Gasteiger partial charge < -0.3 is 14.9 Å². The van der Waals surface area contributed by atoms with Gasteiger partial charge in [0.05, 0.1) is 23.7 Å². The second-order valence-corrected chi connectivity index (χ2v) is 5.18. The molecule has 2 N–H and O–H groups in total. The molecular weight excluding hydrogens is 264 g/mol. The molecule has 1 rings (SSSR count). The highest BCUT2D eigenvalue weighted by molar-refractivity contribution is 6.21. The third-order valence-corrected chi connectivity index (χ3v) is 3.56. The molecule has 0 radical (unpaired) electrons. The number of aliphatic hydroxyl groups excluding tert-OH is 2. The highest BCUT2D eigenvalue weighted by Crippen LogP contribution is 2.28. The fourth-order valence-corrected chi connectivity index (χ4v) is 2.18. The Bertz CT molecular complexity index is 359. The van der Waals surface area contributed by atoms with Crippen LogP contribution < -0.4 is 0 Å². The zero-order valence-electron chi connectivity index (χ0n) is 11.1. The van der Waals surface area contributed by atoms with Crippen LogP contribution in [-0.4, -0.2) is 40.0 Å². The molecule has 106 valence electrons. The van der Waals surface area contributed by atoms with Gasteiger partial charge in [-0.2, -0.15) is 0 Å². The Kier molecular flexibility index (Phi) is 7.19. The molecule has 1 saturated heterocycles. The van der Waals surface area contributed by atoms with Crippen molar-refractivity contribution in [2.45, 2.75) is 56.0 Å². The van der Waals surface area contributed by atoms with Crippen molar-refractivity contribution in [2.75, 3.05) is 0 Å². The molecule has 1 heterocycles. The van der Waals surface area contributed by atoms with Gasteiger partial charge in [-0.1, -0.05) is 31.1 Å². The minimum absolute atomic E-state index is 0.201. The van der Waals surface area contributed by atoms with E-state index in [2.05, 4.69) is 5.92 Å². The van der Waals surface area contributed by atoms with Crippen molar-refractivity contribution in [2.24, 2.45) is 0 Å². The van der Waals surface area contributed by atoms with Gasteiger partial charge in [-0.15, -0.1) is 18.0 Å². The van der Waals surface area contributed by atoms with Crippen LogP contribution in [0.2, 0.25) is 0 Å². The van der Waals surface area contributed by atoms with Crippen molar-refractivity contribution in [3.8, 4) is 12.3 Å². The lowest BCUT2D eigenvalue weighted by Crippen LogP contribution is -2.21. The number of halogens is 1. The van der Waals surface area contributed by atoms with Gasteiger partial charge in [-0.25, -0.2) is 0 Å². The van der Waals surface area contributed by atoms with Crippen LogP contribution in [0.5, 0.6) is 0 Å². The van der Waals surface area contributed by atoms with E-state index < -0.39 is 18.3 Å². The molecule has 0 unspecified atom stereocenters. The number of aliphatic hydroxyl groups is 2. The van der Waals surface area contributed by atoms with Crippen molar-refractivity contribution >= 4 is 11.6 Å². The van der Waals surface area contributed by atoms with E-state index in [0.29, 0.717) is 19.3 Å². The van der Waals surface area contributed by atoms with E-state index in [4.69, 9.17) is 22.8 Å². The van der Waals surface area contributed by atoms with E-state index in [1.165, 1.54) is 0 Å². The standard InChI is InChI=1S/C15H21ClO3/c1-3-5-6-7-12(16)15-10-13(18)14(19-15)9-8-11(17)4-2/h1,5-6,8-9,11-15,17-18H,4,7,10H2,2H3/b6-5-,9-8-/t11-,12+,13+,14-,15+/m1/s1. The Balaban J connectivity index is 2.48. The normalized spacial score (nSPS) is 30.8. The maximum atomic E-state index is 9.90. The predicted molar refractivity (Wildman–Crippen MR) is 77.0 cm³/mol. The predicted octanol–water partition coefficient (Wildman–Crippen LogP) is 2.02. The molecule has 0 aromatic carbocycles. The summed E-state index contributed by atoms with van der Waals surface area (Å²) in [6.07, 6.45) is 12.0. The Hall–Kier alpha value is -0.790. The van der Waals surface area contributed by atoms with E-state index in [0.717, 1.165) is 0 Å². The number of hydrogen-bond donors (Lipinski definition) is 2. The summed E-state index contributed by atoms with van der Waals surface area (Å²) in [7, 11) is 0. The average molecular weight is 285 g/mol. The molecule has 0 aliphatic carbocycles. The summed E-state index contributed by atoms with van der Waals surface area (Å²) in [4.78, 5) is 0. The van der Waals surface area contributed by atoms with Gasteiger partial charge in [-0.05, 0) is 18.9 Å². The molecule has 0 spiro atoms. The second kappa shape index (κ2) is 8.39. The number of allylic oxidation sites excluding steroid dienone is 2. The molecular formula is C15H21ClO3. The van der Waals surface area contributed by atoms with E-state index in [-0.39, 0.29) is 11.5 Å². The van der Waals surface area contributed by atoms with Crippen LogP contribution in [0.3, 0.4) is 0 Å². The summed E-state index contributed by atoms with van der Waals surface area (Å²) in [6.45, 7) is 1.89. The maximum absolute atomic E-state index is 9.90. The van der Waals surface area contributed by atoms with Crippen LogP contribution in [-0.2, 0) is 4.74 Å². The van der Waals surface area contributed by atoms with Gasteiger partial charge in [-0.3, -0.25) is 0 Å². The van der Waals surface area contributed by atoms with E-state index in [9.17, 15) is 10.2 Å². The maximum Gasteiger partial charge on any atom is 0.102 e. The number of ether oxygens (including phenoxy) is 1. The molecule has 0 saturated carbocycles. The summed E-state index contributed by atoms with van der Waals surface area (Å²) in [5.74, 6) is 2.40. The minimum atomic E-state index is -0.580. The van der Waals surface area contributed by atoms with Crippen molar-refractivity contribution in [1.29, 1.82) is 0 Å². The first-order chi connectivity index (χ1) is 9.08. The molecule has 1 fully saturated rings. The van der Waals surface area contributed by atoms with Crippen molar-refractivity contribution in [3.63, 3.8) is 0 Å². The third kappa shape index (κ3) is 5.38. The lowest BCUT2D eigenvalue weighted by atomic mass is 10.1. The van der Waals surface area contributed by atoms with Gasteiger partial charge in [0.1, 0.15) is 6.10 Å². The summed E-state index contributed by atoms with van der Waals surface area (Å²) < 4.78 is 5.70. The quantitative estimate of drug-likeness (QED) is 0.446. The first-order valence-corrected chi connectivity index (χ1v) is 6.97. The van der Waals surface area contributed by atoms with Crippen molar-refractivity contribution < 1.29 is 14.9 Å². The van der Waals surface area contributed by atoms with E-state index >= 15 is 0 Å². The van der Waals surface area contributed by atoms with E-state index in [1.54, 1.807) is 18.2 Å². The van der Waals surface area contributed by atoms with E-state index in [1.807, 2.05) is 13.0 Å². The largest absolute Gasteiger partial charge is 0.390 e. The Morgan fingerprint density at radius 1 is 1.58 bits per heavy atom. The van der Waals surface area contributed by atoms with Crippen LogP contribution in [0.4, 0.5) is 0 Å². The Morgan fingerprint density at radius 3 is 2.95 bits per heavy atom. The van der Waals surface area contributed by atoms with Crippen LogP contribution in [0.1, 0.15) is 26.2 Å². The highest BCUT2D eigenvalue weighted by atomic mass is 35.5. The molecule has 5 atom stereocenters. The topological polar surface area (TPSA) is 49.7 Å². The lowest BCUT2D eigenvalue weighted by Gasteiger charge is -2.15. The summed E-state index contributed by atoms with van der Waals surface area (Å²) in [5.41, 5.74) is 0. The Morgan fingerprint density at radius 2 is 2.32 bits per heavy atom. The molecule has 0 amide bonds. The lowest BCUT2D eigenvalue weighted by molar-refractivity contribution is 0.0380. The zero-order valence-corrected chi connectivity index (χ0v) is 11.8. The third-order valence-electron chi connectivity index (χ3n) is 3.10. The number of rotatable bonds is 6. The van der Waals surface area contributed by atoms with Gasteiger partial charge >= 0.3 is 0 Å². The fourth-order valence-electron chi connectivity index (χ4n) is 1.92. The molecule has 4 heteroatoms. The smallest absolute Gasteiger partial charge is 0.102 e. The average Bonchev–Trinajstić information content (AvgIpc) is 2.77. The SMILES string of the molecule is C#C/C=C\C[C@H](Cl)[C@@H]1C[C@H](O)[C@@H](/C=C\[C@H](O)CC)O1. The summed E-state index contributed by atoms with van der Waals surface area (Å²) in [5, 5.41) is 19.1. The van der Waals surface area contributed by atoms with Gasteiger partial charge in [0.25, 0.3) is 0 Å². The second-order valence-electron chi connectivity index (χ2n) is 4.62. The number of hydrogen-bond acceptors (Lipinski definition) is 3. The van der Waals surface area contributed by atoms with Crippen molar-refractivity contribution in [3.05, 3.63) is 24.3 Å². The molecule has 0 aromatic heterocycles. The molecule has 0 aromatic rings. The molecule has 0 bridgehead atoms. The van der Waals surface area contributed by atoms with Crippen LogP contribution >= 0.6 is 11.6 Å². The molecule has 19 heavy (non-hydrogen) atoms. The minimum Gasteiger partial charge on any atom is -0.390 e. The first-order valence-electron chi connectivity index (χ1n) is 6.53. The van der Waals surface area contributed by atoms with Crippen molar-refractivity contribution in [1.82, 2.24) is 0 Å². The van der Waals surface area contributed by atoms with Crippen LogP contribution in [0, 0.1) is 12.3 Å². The number of alkyl halides is 1. The zero-order chi connectivity index (χ0) is 14.3. The molecule has 1 aliphatic heterocycles. The van der Waals surface area contributed by atoms with Gasteiger partial charge in [0.15, 0.2) is 0 Å². The summed E-state index contributed by atoms with van der Waals surface area (Å²) in [6, 6.07) is 0. The molecule has 1 aliphatic rings. The first kappa shape index (κ1) is 16.3. The monoisotopic (exact) mass is 284 g/mol. The fraction of sp³-hybridized carbons (Fsp3) is 0.600. The molecule has 3 nitrogen and oxygen atoms in total. The highest BCUT2D eigenvalue weighted by Gasteiger charge is 2.35. The Labute approximate surface area is 119 Å². The van der Waals surface area contributed by atoms with Gasteiger partial charge in [0, 0.05) is 6.42 Å². The van der Waals surface area contributed by atoms with Crippen LogP contribution in [0.25, 0.3) is 0 Å². The number of terminal acetylenes is 1. The summed E-state index contributed by atoms with van der Waals surface area (Å²) >= 11 is 6.21. The van der Waals surface area contributed by atoms with Crippen LogP contribution in [0.15, 0.2) is 24.3 Å². The van der Waals surface area contributed by atoms with Gasteiger partial charge in [0.2, 0.25) is 0 Å².